The van der Waals surface area contributed by atoms with Crippen LogP contribution in [0.5, 0.6) is 0 Å². The molecule has 19 heavy (non-hydrogen) atoms. The fraction of sp³-hybridized carbons (Fsp3) is 0.250. The van der Waals surface area contributed by atoms with Crippen LogP contribution in [0, 0.1) is 0 Å². The number of quaternary nitrogens is 1. The lowest BCUT2D eigenvalue weighted by Gasteiger charge is -2.04. The quantitative estimate of drug-likeness (QED) is 0.477. The molecule has 2 N–H and O–H groups in total. The molecule has 0 saturated heterocycles. The zero-order valence-electron chi connectivity index (χ0n) is 11.2. The lowest BCUT2D eigenvalue weighted by Crippen LogP contribution is -2.82. The predicted molar refractivity (Wildman–Crippen MR) is 80.0 cm³/mol. The van der Waals surface area contributed by atoms with Crippen molar-refractivity contribution in [2.75, 3.05) is 13.7 Å². The normalized spacial score (nSPS) is 10.6. The molecule has 0 spiro atoms. The molecule has 2 rings (SSSR count). The van der Waals surface area contributed by atoms with Gasteiger partial charge < -0.3 is 0 Å². The van der Waals surface area contributed by atoms with Crippen LogP contribution in [0.4, 0.5) is 0 Å². The first-order chi connectivity index (χ1) is 9.38. The van der Waals surface area contributed by atoms with Crippen molar-refractivity contribution in [1.82, 2.24) is 0 Å². The van der Waals surface area contributed by atoms with Gasteiger partial charge in [0, 0.05) is 17.1 Å². The van der Waals surface area contributed by atoms with E-state index in [0.29, 0.717) is 0 Å². The summed E-state index contributed by atoms with van der Waals surface area (Å²) in [7, 11) is 1.70. The number of nitrogens with two attached hydrogens (primary N) is 1. The maximum absolute atomic E-state index is 4.95. The van der Waals surface area contributed by atoms with Crippen LogP contribution in [0.3, 0.4) is 0 Å². The van der Waals surface area contributed by atoms with Crippen LogP contribution in [0.15, 0.2) is 59.5 Å². The minimum atomic E-state index is 0.967. The Hall–Kier alpha value is -1.29. The van der Waals surface area contributed by atoms with E-state index in [0.717, 1.165) is 18.7 Å². The van der Waals surface area contributed by atoms with Gasteiger partial charge in [0.1, 0.15) is 6.54 Å². The second-order valence-electron chi connectivity index (χ2n) is 4.36. The lowest BCUT2D eigenvalue weighted by atomic mass is 10.1. The smallest absolute Gasteiger partial charge is 0.109 e. The number of benzene rings is 2. The molecule has 0 aliphatic heterocycles. The average molecular weight is 274 g/mol. The van der Waals surface area contributed by atoms with E-state index < -0.39 is 0 Å². The van der Waals surface area contributed by atoms with E-state index in [1.54, 1.807) is 7.11 Å². The number of rotatable bonds is 7. The maximum Gasteiger partial charge on any atom is 0.109 e. The average Bonchev–Trinajstić information content (AvgIpc) is 2.48. The van der Waals surface area contributed by atoms with Gasteiger partial charge in [-0.2, -0.15) is 0 Å². The predicted octanol–water partition coefficient (Wildman–Crippen LogP) is 2.65. The van der Waals surface area contributed by atoms with Crippen molar-refractivity contribution < 1.29 is 10.3 Å². The Morgan fingerprint density at radius 2 is 1.63 bits per heavy atom. The first-order valence-electron chi connectivity index (χ1n) is 6.48. The third-order valence-electron chi connectivity index (χ3n) is 2.89. The summed E-state index contributed by atoms with van der Waals surface area (Å²) in [5.41, 5.74) is 4.58. The van der Waals surface area contributed by atoms with Crippen LogP contribution in [-0.2, 0) is 17.0 Å². The summed E-state index contributed by atoms with van der Waals surface area (Å²) in [6.07, 6.45) is 1.04. The van der Waals surface area contributed by atoms with Crippen molar-refractivity contribution in [1.29, 1.82) is 0 Å². The molecule has 0 heterocycles. The summed E-state index contributed by atoms with van der Waals surface area (Å²) in [4.78, 5) is 6.27. The van der Waals surface area contributed by atoms with E-state index in [4.69, 9.17) is 4.84 Å². The van der Waals surface area contributed by atoms with Crippen molar-refractivity contribution in [2.45, 2.75) is 17.1 Å². The molecule has 2 aromatic rings. The third-order valence-corrected chi connectivity index (χ3v) is 3.97. The summed E-state index contributed by atoms with van der Waals surface area (Å²) < 4.78 is 0. The van der Waals surface area contributed by atoms with Crippen molar-refractivity contribution in [3.8, 4) is 0 Å². The van der Waals surface area contributed by atoms with Crippen LogP contribution >= 0.6 is 11.8 Å². The summed E-state index contributed by atoms with van der Waals surface area (Å²) in [5.74, 6) is 1.02. The van der Waals surface area contributed by atoms with E-state index in [9.17, 15) is 0 Å². The summed E-state index contributed by atoms with van der Waals surface area (Å²) >= 11 is 1.87. The molecule has 2 aromatic carbocycles. The molecule has 0 atom stereocenters. The van der Waals surface area contributed by atoms with E-state index in [-0.39, 0.29) is 0 Å². The topological polar surface area (TPSA) is 25.8 Å². The SMILES string of the molecule is CO[NH2+]CCc1ccc(CSc2ccccc2)cc1. The lowest BCUT2D eigenvalue weighted by molar-refractivity contribution is -0.889. The highest BCUT2D eigenvalue weighted by Gasteiger charge is 1.98. The molecule has 100 valence electrons. The highest BCUT2D eigenvalue weighted by atomic mass is 32.2. The van der Waals surface area contributed by atoms with Gasteiger partial charge in [0.15, 0.2) is 0 Å². The van der Waals surface area contributed by atoms with Gasteiger partial charge >= 0.3 is 0 Å². The molecule has 0 aliphatic carbocycles. The Kier molecular flexibility index (Phi) is 5.95. The minimum Gasteiger partial charge on any atom is -0.210 e. The zero-order chi connectivity index (χ0) is 13.3. The van der Waals surface area contributed by atoms with Gasteiger partial charge in [-0.1, -0.05) is 42.5 Å². The molecule has 0 unspecified atom stereocenters. The molecule has 0 bridgehead atoms. The minimum absolute atomic E-state index is 0.967. The van der Waals surface area contributed by atoms with Gasteiger partial charge in [0.2, 0.25) is 0 Å². The van der Waals surface area contributed by atoms with E-state index in [1.165, 1.54) is 16.0 Å². The van der Waals surface area contributed by atoms with E-state index in [2.05, 4.69) is 54.6 Å². The monoisotopic (exact) mass is 274 g/mol. The van der Waals surface area contributed by atoms with Crippen LogP contribution < -0.4 is 5.48 Å². The van der Waals surface area contributed by atoms with Gasteiger partial charge in [-0.05, 0) is 23.3 Å². The van der Waals surface area contributed by atoms with Gasteiger partial charge in [-0.25, -0.2) is 10.3 Å². The van der Waals surface area contributed by atoms with Crippen LogP contribution in [0.1, 0.15) is 11.1 Å². The molecule has 0 aromatic heterocycles. The molecule has 0 saturated carbocycles. The second-order valence-corrected chi connectivity index (χ2v) is 5.41. The molecule has 0 aliphatic rings. The van der Waals surface area contributed by atoms with Crippen molar-refractivity contribution in [3.63, 3.8) is 0 Å². The molecule has 0 radical (unpaired) electrons. The van der Waals surface area contributed by atoms with Gasteiger partial charge in [-0.15, -0.1) is 11.8 Å². The number of hydrogen-bond donors (Lipinski definition) is 1. The second kappa shape index (κ2) is 8.00. The fourth-order valence-corrected chi connectivity index (χ4v) is 2.70. The van der Waals surface area contributed by atoms with E-state index in [1.807, 2.05) is 17.2 Å². The molecule has 2 nitrogen and oxygen atoms in total. The molecule has 3 heteroatoms. The number of thioether (sulfide) groups is 1. The number of hydrogen-bond acceptors (Lipinski definition) is 2. The third kappa shape index (κ3) is 5.07. The van der Waals surface area contributed by atoms with Gasteiger partial charge in [0.25, 0.3) is 0 Å². The Bertz CT molecular complexity index is 470. The Balaban J connectivity index is 1.81. The number of hydroxylamine groups is 1. The largest absolute Gasteiger partial charge is 0.210 e. The maximum atomic E-state index is 4.95. The highest BCUT2D eigenvalue weighted by Crippen LogP contribution is 2.22. The van der Waals surface area contributed by atoms with Crippen molar-refractivity contribution in [3.05, 3.63) is 65.7 Å². The Morgan fingerprint density at radius 3 is 2.32 bits per heavy atom. The van der Waals surface area contributed by atoms with Gasteiger partial charge in [-0.3, -0.25) is 0 Å². The van der Waals surface area contributed by atoms with Crippen LogP contribution in [0.2, 0.25) is 0 Å². The molecular formula is C16H20NOS+. The van der Waals surface area contributed by atoms with Crippen molar-refractivity contribution in [2.24, 2.45) is 0 Å². The highest BCUT2D eigenvalue weighted by molar-refractivity contribution is 7.98. The Labute approximate surface area is 119 Å². The molecular weight excluding hydrogens is 254 g/mol. The standard InChI is InChI=1S/C16H19NOS/c1-18-17-12-11-14-7-9-15(10-8-14)13-19-16-5-3-2-4-6-16/h2-10,17H,11-13H2,1H3/p+1. The van der Waals surface area contributed by atoms with Crippen LogP contribution in [-0.4, -0.2) is 13.7 Å². The first kappa shape index (κ1) is 14.1. The molecule has 0 amide bonds. The van der Waals surface area contributed by atoms with E-state index >= 15 is 0 Å². The zero-order valence-corrected chi connectivity index (χ0v) is 12.0. The summed E-state index contributed by atoms with van der Waals surface area (Å²) in [6.45, 7) is 0.967. The Morgan fingerprint density at radius 1 is 0.947 bits per heavy atom. The summed E-state index contributed by atoms with van der Waals surface area (Å²) in [6, 6.07) is 19.4. The van der Waals surface area contributed by atoms with Gasteiger partial charge in [0.05, 0.1) is 7.11 Å². The summed E-state index contributed by atoms with van der Waals surface area (Å²) in [5, 5.41) is 0. The van der Waals surface area contributed by atoms with Crippen molar-refractivity contribution >= 4 is 11.8 Å². The van der Waals surface area contributed by atoms with Crippen LogP contribution in [0.25, 0.3) is 0 Å². The fourth-order valence-electron chi connectivity index (χ4n) is 1.83. The first-order valence-corrected chi connectivity index (χ1v) is 7.47. The molecule has 0 fully saturated rings.